The minimum Gasteiger partial charge on any atom is -0.314 e. The highest BCUT2D eigenvalue weighted by molar-refractivity contribution is 7.91. The molecule has 0 bridgehead atoms. The molecular formula is C20H20ClFN2O3S. The zero-order chi connectivity index (χ0) is 20.2. The maximum Gasteiger partial charge on any atom is 0.325 e. The summed E-state index contributed by atoms with van der Waals surface area (Å²) in [5.41, 5.74) is 3.28. The lowest BCUT2D eigenvalue weighted by molar-refractivity contribution is 0.206. The van der Waals surface area contributed by atoms with Gasteiger partial charge in [0.05, 0.1) is 23.6 Å². The number of hydrogen-bond donors (Lipinski definition) is 0. The Bertz CT molecular complexity index is 1050. The van der Waals surface area contributed by atoms with E-state index in [1.807, 2.05) is 32.0 Å². The van der Waals surface area contributed by atoms with Crippen LogP contribution >= 0.6 is 11.6 Å². The van der Waals surface area contributed by atoms with Gasteiger partial charge in [-0.25, -0.2) is 17.6 Å². The summed E-state index contributed by atoms with van der Waals surface area (Å²) in [5.74, 6) is -0.604. The highest BCUT2D eigenvalue weighted by Gasteiger charge is 2.53. The van der Waals surface area contributed by atoms with E-state index in [0.717, 1.165) is 11.1 Å². The number of aryl methyl sites for hydroxylation is 2. The molecule has 0 N–H and O–H groups in total. The van der Waals surface area contributed by atoms with Crippen LogP contribution in [0.1, 0.15) is 16.7 Å². The fourth-order valence-corrected chi connectivity index (χ4v) is 6.36. The lowest BCUT2D eigenvalue weighted by Gasteiger charge is -2.23. The quantitative estimate of drug-likeness (QED) is 0.708. The topological polar surface area (TPSA) is 57.7 Å². The van der Waals surface area contributed by atoms with Crippen LogP contribution in [0, 0.1) is 19.7 Å². The molecule has 4 rings (SSSR count). The van der Waals surface area contributed by atoms with Crippen LogP contribution in [-0.2, 0) is 16.4 Å². The first-order valence-corrected chi connectivity index (χ1v) is 11.2. The molecule has 2 aliphatic heterocycles. The van der Waals surface area contributed by atoms with E-state index in [4.69, 9.17) is 11.6 Å². The van der Waals surface area contributed by atoms with Gasteiger partial charge in [0.15, 0.2) is 9.84 Å². The summed E-state index contributed by atoms with van der Waals surface area (Å²) in [6.07, 6.45) is 0. The van der Waals surface area contributed by atoms with Crippen molar-refractivity contribution in [1.29, 1.82) is 0 Å². The SMILES string of the molecule is Cc1cc(C)cc(N2C(=O)N(Cc3ccc(F)cc3Cl)C3CS(=O)(=O)CC32)c1. The van der Waals surface area contributed by atoms with E-state index < -0.39 is 27.7 Å². The number of hydrogen-bond acceptors (Lipinski definition) is 3. The van der Waals surface area contributed by atoms with Crippen LogP contribution in [0.15, 0.2) is 36.4 Å². The van der Waals surface area contributed by atoms with Gasteiger partial charge in [-0.2, -0.15) is 0 Å². The Balaban J connectivity index is 1.74. The Labute approximate surface area is 168 Å². The maximum absolute atomic E-state index is 13.4. The predicted octanol–water partition coefficient (Wildman–Crippen LogP) is 3.70. The summed E-state index contributed by atoms with van der Waals surface area (Å²) < 4.78 is 38.0. The zero-order valence-electron chi connectivity index (χ0n) is 15.5. The van der Waals surface area contributed by atoms with Crippen molar-refractivity contribution in [3.63, 3.8) is 0 Å². The molecule has 148 valence electrons. The third kappa shape index (κ3) is 3.37. The minimum absolute atomic E-state index is 0.0654. The predicted molar refractivity (Wildman–Crippen MR) is 107 cm³/mol. The first kappa shape index (κ1) is 19.2. The molecule has 0 aliphatic carbocycles. The first-order valence-electron chi connectivity index (χ1n) is 8.97. The van der Waals surface area contributed by atoms with Crippen molar-refractivity contribution in [1.82, 2.24) is 4.90 Å². The molecule has 2 amide bonds. The summed E-state index contributed by atoms with van der Waals surface area (Å²) in [6, 6.07) is 8.63. The molecule has 2 heterocycles. The van der Waals surface area contributed by atoms with Gasteiger partial charge in [-0.1, -0.05) is 23.7 Å². The smallest absolute Gasteiger partial charge is 0.314 e. The van der Waals surface area contributed by atoms with E-state index in [1.54, 1.807) is 9.80 Å². The average molecular weight is 423 g/mol. The molecular weight excluding hydrogens is 403 g/mol. The average Bonchev–Trinajstić information content (AvgIpc) is 2.99. The highest BCUT2D eigenvalue weighted by atomic mass is 35.5. The van der Waals surface area contributed by atoms with Gasteiger partial charge in [0.2, 0.25) is 0 Å². The van der Waals surface area contributed by atoms with Crippen molar-refractivity contribution in [2.45, 2.75) is 32.5 Å². The molecule has 0 spiro atoms. The Morgan fingerprint density at radius 3 is 2.36 bits per heavy atom. The number of sulfone groups is 1. The summed E-state index contributed by atoms with van der Waals surface area (Å²) in [5, 5.41) is 0.218. The van der Waals surface area contributed by atoms with Crippen LogP contribution in [0.4, 0.5) is 14.9 Å². The van der Waals surface area contributed by atoms with E-state index in [-0.39, 0.29) is 29.1 Å². The summed E-state index contributed by atoms with van der Waals surface area (Å²) in [7, 11) is -3.26. The Morgan fingerprint density at radius 2 is 1.71 bits per heavy atom. The maximum atomic E-state index is 13.4. The van der Waals surface area contributed by atoms with Crippen LogP contribution in [0.25, 0.3) is 0 Å². The molecule has 2 atom stereocenters. The van der Waals surface area contributed by atoms with E-state index in [1.165, 1.54) is 18.2 Å². The number of halogens is 2. The van der Waals surface area contributed by atoms with Crippen molar-refractivity contribution in [2.75, 3.05) is 16.4 Å². The third-order valence-corrected chi connectivity index (χ3v) is 7.37. The number of benzene rings is 2. The van der Waals surface area contributed by atoms with Gasteiger partial charge in [0, 0.05) is 17.3 Å². The van der Waals surface area contributed by atoms with Gasteiger partial charge in [0.25, 0.3) is 0 Å². The van der Waals surface area contributed by atoms with Crippen molar-refractivity contribution in [3.8, 4) is 0 Å². The normalized spacial score (nSPS) is 23.4. The second-order valence-electron chi connectivity index (χ2n) is 7.57. The molecule has 8 heteroatoms. The minimum atomic E-state index is -3.26. The number of fused-ring (bicyclic) bond motifs is 1. The molecule has 2 aromatic carbocycles. The molecule has 2 fully saturated rings. The third-order valence-electron chi connectivity index (χ3n) is 5.32. The molecule has 5 nitrogen and oxygen atoms in total. The summed E-state index contributed by atoms with van der Waals surface area (Å²) >= 11 is 6.14. The van der Waals surface area contributed by atoms with Crippen LogP contribution in [0.3, 0.4) is 0 Å². The van der Waals surface area contributed by atoms with Gasteiger partial charge in [-0.05, 0) is 54.8 Å². The lowest BCUT2D eigenvalue weighted by Crippen LogP contribution is -2.37. The molecule has 0 aromatic heterocycles. The van der Waals surface area contributed by atoms with Crippen molar-refractivity contribution < 1.29 is 17.6 Å². The fourth-order valence-electron chi connectivity index (χ4n) is 4.19. The number of carbonyl (C=O) groups excluding carboxylic acids is 1. The molecule has 28 heavy (non-hydrogen) atoms. The molecule has 2 saturated heterocycles. The Kier molecular flexibility index (Phi) is 4.62. The molecule has 0 radical (unpaired) electrons. The van der Waals surface area contributed by atoms with Gasteiger partial charge < -0.3 is 4.90 Å². The van der Waals surface area contributed by atoms with Crippen LogP contribution in [-0.4, -0.2) is 42.9 Å². The number of rotatable bonds is 3. The summed E-state index contributed by atoms with van der Waals surface area (Å²) in [6.45, 7) is 4.02. The standard InChI is InChI=1S/C20H20ClFN2O3S/c1-12-5-13(2)7-16(6-12)24-19-11-28(26,27)10-18(19)23(20(24)25)9-14-3-4-15(22)8-17(14)21/h3-8,18-19H,9-11H2,1-2H3. The van der Waals surface area contributed by atoms with Crippen LogP contribution in [0.5, 0.6) is 0 Å². The number of amides is 2. The summed E-state index contributed by atoms with van der Waals surface area (Å²) in [4.78, 5) is 16.4. The first-order chi connectivity index (χ1) is 13.1. The van der Waals surface area contributed by atoms with Gasteiger partial charge in [0.1, 0.15) is 5.82 Å². The van der Waals surface area contributed by atoms with Crippen molar-refractivity contribution in [2.24, 2.45) is 0 Å². The van der Waals surface area contributed by atoms with E-state index >= 15 is 0 Å². The van der Waals surface area contributed by atoms with E-state index in [0.29, 0.717) is 11.3 Å². The van der Waals surface area contributed by atoms with E-state index in [2.05, 4.69) is 0 Å². The second-order valence-corrected chi connectivity index (χ2v) is 10.1. The second kappa shape index (κ2) is 6.74. The Hall–Kier alpha value is -2.12. The van der Waals surface area contributed by atoms with Crippen LogP contribution < -0.4 is 4.90 Å². The monoisotopic (exact) mass is 422 g/mol. The van der Waals surface area contributed by atoms with Gasteiger partial charge in [-0.15, -0.1) is 0 Å². The number of nitrogens with zero attached hydrogens (tertiary/aromatic N) is 2. The van der Waals surface area contributed by atoms with Gasteiger partial charge in [-0.3, -0.25) is 4.90 Å². The number of anilines is 1. The fraction of sp³-hybridized carbons (Fsp3) is 0.350. The van der Waals surface area contributed by atoms with Crippen molar-refractivity contribution >= 4 is 33.2 Å². The molecule has 2 aliphatic rings. The molecule has 0 saturated carbocycles. The van der Waals surface area contributed by atoms with E-state index in [9.17, 15) is 17.6 Å². The molecule has 2 unspecified atom stereocenters. The van der Waals surface area contributed by atoms with Crippen molar-refractivity contribution in [3.05, 3.63) is 63.9 Å². The highest BCUT2D eigenvalue weighted by Crippen LogP contribution is 2.37. The lowest BCUT2D eigenvalue weighted by atomic mass is 10.1. The Morgan fingerprint density at radius 1 is 1.07 bits per heavy atom. The largest absolute Gasteiger partial charge is 0.325 e. The number of carbonyl (C=O) groups is 1. The zero-order valence-corrected chi connectivity index (χ0v) is 17.1. The van der Waals surface area contributed by atoms with Gasteiger partial charge >= 0.3 is 6.03 Å². The number of urea groups is 1. The molecule has 2 aromatic rings. The van der Waals surface area contributed by atoms with Crippen LogP contribution in [0.2, 0.25) is 5.02 Å².